The van der Waals surface area contributed by atoms with Gasteiger partial charge < -0.3 is 15.0 Å². The van der Waals surface area contributed by atoms with E-state index in [1.54, 1.807) is 7.11 Å². The van der Waals surface area contributed by atoms with Crippen LogP contribution in [0.4, 0.5) is 0 Å². The maximum absolute atomic E-state index is 12.9. The van der Waals surface area contributed by atoms with Crippen molar-refractivity contribution in [3.8, 4) is 5.75 Å². The molecule has 1 amide bonds. The van der Waals surface area contributed by atoms with Crippen molar-refractivity contribution in [1.29, 1.82) is 0 Å². The van der Waals surface area contributed by atoms with Gasteiger partial charge in [-0.3, -0.25) is 4.79 Å². The summed E-state index contributed by atoms with van der Waals surface area (Å²) < 4.78 is 5.57. The van der Waals surface area contributed by atoms with Crippen molar-refractivity contribution in [3.05, 3.63) is 65.7 Å². The summed E-state index contributed by atoms with van der Waals surface area (Å²) in [5.41, 5.74) is 2.25. The molecular formula is C27H34N2O2. The van der Waals surface area contributed by atoms with E-state index in [0.717, 1.165) is 49.5 Å². The second-order valence-corrected chi connectivity index (χ2v) is 9.86. The van der Waals surface area contributed by atoms with E-state index in [1.807, 2.05) is 36.4 Å². The van der Waals surface area contributed by atoms with Crippen LogP contribution in [0.3, 0.4) is 0 Å². The number of nitrogens with zero attached hydrogens (tertiary/aromatic N) is 1. The first-order valence-electron chi connectivity index (χ1n) is 11.9. The molecule has 3 fully saturated rings. The number of fused-ring (bicyclic) bond motifs is 1. The molecule has 1 N–H and O–H groups in total. The molecule has 1 saturated heterocycles. The van der Waals surface area contributed by atoms with E-state index in [4.69, 9.17) is 4.74 Å². The summed E-state index contributed by atoms with van der Waals surface area (Å²) in [5.74, 6) is 2.56. The van der Waals surface area contributed by atoms with Crippen LogP contribution in [-0.4, -0.2) is 43.6 Å². The van der Waals surface area contributed by atoms with Crippen LogP contribution in [0.15, 0.2) is 54.6 Å². The quantitative estimate of drug-likeness (QED) is 0.743. The Morgan fingerprint density at radius 1 is 1.10 bits per heavy atom. The molecule has 2 aromatic rings. The normalized spacial score (nSPS) is 28.5. The summed E-state index contributed by atoms with van der Waals surface area (Å²) in [7, 11) is 1.75. The molecule has 0 aromatic heterocycles. The van der Waals surface area contributed by atoms with E-state index in [2.05, 4.69) is 28.4 Å². The number of likely N-dealkylation sites (tertiary alicyclic amines) is 1. The lowest BCUT2D eigenvalue weighted by molar-refractivity contribution is 0.0403. The SMILES string of the molecule is COc1cccc([C@@]23CCN(CC4CC4)C[C@H]2CC[C@@H](NC(=O)c2ccccc2)C3)c1. The predicted octanol–water partition coefficient (Wildman–Crippen LogP) is 4.65. The molecule has 1 heterocycles. The van der Waals surface area contributed by atoms with Crippen molar-refractivity contribution in [3.63, 3.8) is 0 Å². The third-order valence-corrected chi connectivity index (χ3v) is 7.84. The molecule has 0 spiro atoms. The Balaban J connectivity index is 1.38. The number of ether oxygens (including phenoxy) is 1. The molecule has 2 aliphatic carbocycles. The smallest absolute Gasteiger partial charge is 0.251 e. The van der Waals surface area contributed by atoms with Crippen molar-refractivity contribution in [1.82, 2.24) is 10.2 Å². The Labute approximate surface area is 186 Å². The molecule has 0 bridgehead atoms. The molecule has 0 radical (unpaired) electrons. The summed E-state index contributed by atoms with van der Waals surface area (Å²) in [4.78, 5) is 15.6. The molecule has 4 heteroatoms. The van der Waals surface area contributed by atoms with Gasteiger partial charge in [0, 0.05) is 30.1 Å². The zero-order valence-electron chi connectivity index (χ0n) is 18.6. The molecule has 5 rings (SSSR count). The van der Waals surface area contributed by atoms with Gasteiger partial charge in [-0.05, 0) is 86.7 Å². The molecule has 31 heavy (non-hydrogen) atoms. The number of methoxy groups -OCH3 is 1. The number of hydrogen-bond acceptors (Lipinski definition) is 3. The second-order valence-electron chi connectivity index (χ2n) is 9.86. The number of hydrogen-bond donors (Lipinski definition) is 1. The minimum Gasteiger partial charge on any atom is -0.497 e. The average molecular weight is 419 g/mol. The molecule has 2 aromatic carbocycles. The van der Waals surface area contributed by atoms with Crippen molar-refractivity contribution in [2.24, 2.45) is 11.8 Å². The van der Waals surface area contributed by atoms with Gasteiger partial charge in [0.25, 0.3) is 5.91 Å². The van der Waals surface area contributed by atoms with Gasteiger partial charge in [-0.15, -0.1) is 0 Å². The molecule has 3 atom stereocenters. The highest BCUT2D eigenvalue weighted by molar-refractivity contribution is 5.94. The lowest BCUT2D eigenvalue weighted by Crippen LogP contribution is -2.56. The van der Waals surface area contributed by atoms with Gasteiger partial charge in [0.1, 0.15) is 5.75 Å². The minimum atomic E-state index is 0.0519. The van der Waals surface area contributed by atoms with Crippen molar-refractivity contribution < 1.29 is 9.53 Å². The maximum atomic E-state index is 12.9. The molecule has 1 aliphatic heterocycles. The third-order valence-electron chi connectivity index (χ3n) is 7.84. The highest BCUT2D eigenvalue weighted by Crippen LogP contribution is 2.50. The van der Waals surface area contributed by atoms with Crippen LogP contribution >= 0.6 is 0 Å². The summed E-state index contributed by atoms with van der Waals surface area (Å²) in [6, 6.07) is 18.5. The number of benzene rings is 2. The monoisotopic (exact) mass is 418 g/mol. The lowest BCUT2D eigenvalue weighted by Gasteiger charge is -2.53. The first-order chi connectivity index (χ1) is 15.2. The van der Waals surface area contributed by atoms with E-state index >= 15 is 0 Å². The summed E-state index contributed by atoms with van der Waals surface area (Å²) in [6.07, 6.45) is 7.23. The summed E-state index contributed by atoms with van der Waals surface area (Å²) >= 11 is 0. The van der Waals surface area contributed by atoms with Gasteiger partial charge in [-0.2, -0.15) is 0 Å². The molecule has 4 nitrogen and oxygen atoms in total. The summed E-state index contributed by atoms with van der Waals surface area (Å²) in [6.45, 7) is 3.62. The number of piperidine rings is 1. The minimum absolute atomic E-state index is 0.0519. The molecule has 164 valence electrons. The fourth-order valence-electron chi connectivity index (χ4n) is 5.96. The Bertz CT molecular complexity index is 910. The number of carbonyl (C=O) groups is 1. The highest BCUT2D eigenvalue weighted by atomic mass is 16.5. The first-order valence-corrected chi connectivity index (χ1v) is 11.9. The third kappa shape index (κ3) is 4.36. The Morgan fingerprint density at radius 2 is 1.94 bits per heavy atom. The van der Waals surface area contributed by atoms with Crippen molar-refractivity contribution >= 4 is 5.91 Å². The van der Waals surface area contributed by atoms with Crippen LogP contribution < -0.4 is 10.1 Å². The number of nitrogens with one attached hydrogen (secondary N) is 1. The second kappa shape index (κ2) is 8.66. The predicted molar refractivity (Wildman–Crippen MR) is 123 cm³/mol. The van der Waals surface area contributed by atoms with E-state index < -0.39 is 0 Å². The van der Waals surface area contributed by atoms with Crippen molar-refractivity contribution in [2.75, 3.05) is 26.7 Å². The fraction of sp³-hybridized carbons (Fsp3) is 0.519. The van der Waals surface area contributed by atoms with Crippen LogP contribution in [0.1, 0.15) is 54.4 Å². The number of amides is 1. The van der Waals surface area contributed by atoms with Crippen LogP contribution in [0.5, 0.6) is 5.75 Å². The molecule has 0 unspecified atom stereocenters. The fourth-order valence-corrected chi connectivity index (χ4v) is 5.96. The van der Waals surface area contributed by atoms with Gasteiger partial charge >= 0.3 is 0 Å². The zero-order chi connectivity index (χ0) is 21.3. The average Bonchev–Trinajstić information content (AvgIpc) is 3.64. The van der Waals surface area contributed by atoms with E-state index in [0.29, 0.717) is 5.92 Å². The van der Waals surface area contributed by atoms with E-state index in [9.17, 15) is 4.79 Å². The Morgan fingerprint density at radius 3 is 2.71 bits per heavy atom. The maximum Gasteiger partial charge on any atom is 0.251 e. The van der Waals surface area contributed by atoms with Crippen LogP contribution in [0.25, 0.3) is 0 Å². The lowest BCUT2D eigenvalue weighted by atomic mass is 9.58. The van der Waals surface area contributed by atoms with Crippen LogP contribution in [0.2, 0.25) is 0 Å². The van der Waals surface area contributed by atoms with Crippen LogP contribution in [-0.2, 0) is 5.41 Å². The standard InChI is InChI=1S/C27H34N2O2/c1-31-25-9-5-8-22(16-25)27-14-15-29(18-20-10-11-20)19-23(27)12-13-24(17-27)28-26(30)21-6-3-2-4-7-21/h2-9,16,20,23-24H,10-15,17-19H2,1H3,(H,28,30)/t23-,24-,27+/m1/s1. The van der Waals surface area contributed by atoms with Gasteiger partial charge in [-0.1, -0.05) is 30.3 Å². The van der Waals surface area contributed by atoms with Gasteiger partial charge in [0.15, 0.2) is 0 Å². The molecule has 3 aliphatic rings. The van der Waals surface area contributed by atoms with E-state index in [-0.39, 0.29) is 17.4 Å². The van der Waals surface area contributed by atoms with Gasteiger partial charge in [0.05, 0.1) is 7.11 Å². The summed E-state index contributed by atoms with van der Waals surface area (Å²) in [5, 5.41) is 3.36. The Kier molecular flexibility index (Phi) is 5.75. The first kappa shape index (κ1) is 20.6. The molecular weight excluding hydrogens is 384 g/mol. The zero-order valence-corrected chi connectivity index (χ0v) is 18.6. The van der Waals surface area contributed by atoms with Crippen LogP contribution in [0, 0.1) is 11.8 Å². The highest BCUT2D eigenvalue weighted by Gasteiger charge is 2.48. The molecule has 2 saturated carbocycles. The number of rotatable bonds is 6. The van der Waals surface area contributed by atoms with E-state index in [1.165, 1.54) is 31.5 Å². The number of carbonyl (C=O) groups excluding carboxylic acids is 1. The van der Waals surface area contributed by atoms with Crippen molar-refractivity contribution in [2.45, 2.75) is 50.0 Å². The van der Waals surface area contributed by atoms with Gasteiger partial charge in [-0.25, -0.2) is 0 Å². The Hall–Kier alpha value is -2.33. The topological polar surface area (TPSA) is 41.6 Å². The largest absolute Gasteiger partial charge is 0.497 e. The van der Waals surface area contributed by atoms with Gasteiger partial charge in [0.2, 0.25) is 0 Å².